The lowest BCUT2D eigenvalue weighted by Gasteiger charge is -2.10. The molecule has 1 aromatic heterocycles. The van der Waals surface area contributed by atoms with Gasteiger partial charge in [0.25, 0.3) is 0 Å². The Balaban J connectivity index is 1.36. The topological polar surface area (TPSA) is 91.8 Å². The van der Waals surface area contributed by atoms with Gasteiger partial charge in [-0.15, -0.1) is 10.2 Å². The molecule has 0 radical (unpaired) electrons. The van der Waals surface area contributed by atoms with Gasteiger partial charge in [0.2, 0.25) is 12.7 Å². The number of methoxy groups -OCH3 is 2. The number of nitrogens with one attached hydrogen (secondary N) is 1. The molecule has 0 bridgehead atoms. The van der Waals surface area contributed by atoms with E-state index in [-0.39, 0.29) is 18.5 Å². The van der Waals surface area contributed by atoms with Gasteiger partial charge in [-0.05, 0) is 36.4 Å². The highest BCUT2D eigenvalue weighted by atomic mass is 32.2. The molecule has 1 N–H and O–H groups in total. The van der Waals surface area contributed by atoms with Gasteiger partial charge in [-0.2, -0.15) is 0 Å². The van der Waals surface area contributed by atoms with Gasteiger partial charge in [0.05, 0.1) is 25.7 Å². The molecular weight excluding hydrogens is 406 g/mol. The third-order valence-corrected chi connectivity index (χ3v) is 5.25. The van der Waals surface area contributed by atoms with Crippen LogP contribution in [-0.4, -0.2) is 42.9 Å². The maximum atomic E-state index is 12.2. The molecule has 1 aliphatic heterocycles. The summed E-state index contributed by atoms with van der Waals surface area (Å²) >= 11 is 1.30. The van der Waals surface area contributed by atoms with Crippen molar-refractivity contribution in [3.8, 4) is 34.3 Å². The molecule has 1 aliphatic rings. The first kappa shape index (κ1) is 19.8. The molecule has 0 saturated carbocycles. The maximum Gasteiger partial charge on any atom is 0.234 e. The average molecular weight is 425 g/mol. The predicted molar refractivity (Wildman–Crippen MR) is 112 cm³/mol. The SMILES string of the molecule is COc1ccc(-c2ccc(SCC(=O)Nc3ccc4c(c3)OCO4)nn2)c(OC)c1. The fraction of sp³-hybridized carbons (Fsp3) is 0.190. The molecule has 0 fully saturated rings. The van der Waals surface area contributed by atoms with Gasteiger partial charge in [0.15, 0.2) is 11.5 Å². The smallest absolute Gasteiger partial charge is 0.234 e. The third-order valence-electron chi connectivity index (χ3n) is 4.33. The lowest BCUT2D eigenvalue weighted by molar-refractivity contribution is -0.113. The van der Waals surface area contributed by atoms with E-state index in [1.165, 1.54) is 11.8 Å². The van der Waals surface area contributed by atoms with Crippen molar-refractivity contribution in [2.24, 2.45) is 0 Å². The minimum Gasteiger partial charge on any atom is -0.497 e. The van der Waals surface area contributed by atoms with Crippen LogP contribution >= 0.6 is 11.8 Å². The van der Waals surface area contributed by atoms with E-state index in [1.54, 1.807) is 38.5 Å². The van der Waals surface area contributed by atoms with Gasteiger partial charge >= 0.3 is 0 Å². The van der Waals surface area contributed by atoms with Gasteiger partial charge in [0.1, 0.15) is 16.5 Å². The van der Waals surface area contributed by atoms with Crippen molar-refractivity contribution in [1.29, 1.82) is 0 Å². The molecule has 30 heavy (non-hydrogen) atoms. The van der Waals surface area contributed by atoms with E-state index in [9.17, 15) is 4.79 Å². The quantitative estimate of drug-likeness (QED) is 0.574. The molecule has 4 rings (SSSR count). The number of benzene rings is 2. The fourth-order valence-electron chi connectivity index (χ4n) is 2.86. The molecule has 3 aromatic rings. The van der Waals surface area contributed by atoms with E-state index in [2.05, 4.69) is 15.5 Å². The van der Waals surface area contributed by atoms with Gasteiger partial charge < -0.3 is 24.3 Å². The van der Waals surface area contributed by atoms with Crippen LogP contribution in [0.3, 0.4) is 0 Å². The Hall–Kier alpha value is -3.46. The first-order valence-corrected chi connectivity index (χ1v) is 10.0. The summed E-state index contributed by atoms with van der Waals surface area (Å²) in [6.45, 7) is 0.194. The Morgan fingerprint density at radius 2 is 1.90 bits per heavy atom. The Bertz CT molecular complexity index is 1060. The lowest BCUT2D eigenvalue weighted by Crippen LogP contribution is -2.14. The fourth-order valence-corrected chi connectivity index (χ4v) is 3.48. The minimum atomic E-state index is -0.151. The van der Waals surface area contributed by atoms with Gasteiger partial charge in [-0.25, -0.2) is 0 Å². The van der Waals surface area contributed by atoms with E-state index >= 15 is 0 Å². The number of thioether (sulfide) groups is 1. The molecule has 1 amide bonds. The highest BCUT2D eigenvalue weighted by Crippen LogP contribution is 2.34. The summed E-state index contributed by atoms with van der Waals surface area (Å²) in [5.74, 6) is 2.69. The molecule has 0 unspecified atom stereocenters. The highest BCUT2D eigenvalue weighted by molar-refractivity contribution is 7.99. The summed E-state index contributed by atoms with van der Waals surface area (Å²) in [4.78, 5) is 12.2. The second-order valence-corrected chi connectivity index (χ2v) is 7.22. The van der Waals surface area contributed by atoms with Crippen molar-refractivity contribution >= 4 is 23.4 Å². The number of carbonyl (C=O) groups excluding carboxylic acids is 1. The monoisotopic (exact) mass is 425 g/mol. The summed E-state index contributed by atoms with van der Waals surface area (Å²) in [6.07, 6.45) is 0. The molecule has 154 valence electrons. The number of hydrogen-bond acceptors (Lipinski definition) is 8. The predicted octanol–water partition coefficient (Wildman–Crippen LogP) is 3.62. The highest BCUT2D eigenvalue weighted by Gasteiger charge is 2.15. The van der Waals surface area contributed by atoms with Crippen molar-refractivity contribution in [1.82, 2.24) is 10.2 Å². The van der Waals surface area contributed by atoms with Gasteiger partial charge in [-0.1, -0.05) is 11.8 Å². The van der Waals surface area contributed by atoms with Crippen molar-refractivity contribution in [2.75, 3.05) is 32.1 Å². The van der Waals surface area contributed by atoms with Crippen LogP contribution in [0, 0.1) is 0 Å². The number of nitrogens with zero attached hydrogens (tertiary/aromatic N) is 2. The van der Waals surface area contributed by atoms with Crippen LogP contribution in [0.5, 0.6) is 23.0 Å². The Kier molecular flexibility index (Phi) is 5.89. The standard InChI is InChI=1S/C21H19N3O5S/c1-26-14-4-5-15(18(10-14)27-2)16-6-8-21(24-23-16)30-11-20(25)22-13-3-7-17-19(9-13)29-12-28-17/h3-10H,11-12H2,1-2H3,(H,22,25). The summed E-state index contributed by atoms with van der Waals surface area (Å²) in [7, 11) is 3.19. The summed E-state index contributed by atoms with van der Waals surface area (Å²) < 4.78 is 21.2. The molecule has 2 heterocycles. The van der Waals surface area contributed by atoms with E-state index < -0.39 is 0 Å². The van der Waals surface area contributed by atoms with Crippen LogP contribution < -0.4 is 24.3 Å². The van der Waals surface area contributed by atoms with Crippen LogP contribution in [0.15, 0.2) is 53.6 Å². The summed E-state index contributed by atoms with van der Waals surface area (Å²) in [5.41, 5.74) is 2.13. The number of carbonyl (C=O) groups is 1. The second kappa shape index (κ2) is 8.91. The van der Waals surface area contributed by atoms with E-state index in [0.29, 0.717) is 39.4 Å². The third kappa shape index (κ3) is 4.41. The summed E-state index contributed by atoms with van der Waals surface area (Å²) in [6, 6.07) is 14.4. The number of aromatic nitrogens is 2. The Morgan fingerprint density at radius 1 is 1.03 bits per heavy atom. The zero-order chi connectivity index (χ0) is 20.9. The molecule has 8 nitrogen and oxygen atoms in total. The first-order valence-electron chi connectivity index (χ1n) is 9.04. The zero-order valence-electron chi connectivity index (χ0n) is 16.4. The molecule has 0 aliphatic carbocycles. The molecule has 2 aromatic carbocycles. The first-order chi connectivity index (χ1) is 14.7. The molecular formula is C21H19N3O5S. The molecule has 0 atom stereocenters. The van der Waals surface area contributed by atoms with Gasteiger partial charge in [-0.3, -0.25) is 4.79 Å². The van der Waals surface area contributed by atoms with Gasteiger partial charge in [0, 0.05) is 23.4 Å². The van der Waals surface area contributed by atoms with Crippen LogP contribution in [0.4, 0.5) is 5.69 Å². The second-order valence-electron chi connectivity index (χ2n) is 6.23. The molecule has 0 spiro atoms. The van der Waals surface area contributed by atoms with Crippen molar-refractivity contribution in [2.45, 2.75) is 5.03 Å². The average Bonchev–Trinajstić information content (AvgIpc) is 3.25. The number of anilines is 1. The molecule has 9 heteroatoms. The van der Waals surface area contributed by atoms with E-state index in [1.807, 2.05) is 24.3 Å². The van der Waals surface area contributed by atoms with Crippen LogP contribution in [0.25, 0.3) is 11.3 Å². The Morgan fingerprint density at radius 3 is 2.67 bits per heavy atom. The van der Waals surface area contributed by atoms with Crippen molar-refractivity contribution < 1.29 is 23.7 Å². The lowest BCUT2D eigenvalue weighted by atomic mass is 10.1. The molecule has 0 saturated heterocycles. The maximum absolute atomic E-state index is 12.2. The minimum absolute atomic E-state index is 0.151. The Labute approximate surface area is 177 Å². The van der Waals surface area contributed by atoms with Crippen molar-refractivity contribution in [3.63, 3.8) is 0 Å². The number of rotatable bonds is 7. The zero-order valence-corrected chi connectivity index (χ0v) is 17.2. The largest absolute Gasteiger partial charge is 0.497 e. The van der Waals surface area contributed by atoms with Crippen LogP contribution in [-0.2, 0) is 4.79 Å². The number of amides is 1. The van der Waals surface area contributed by atoms with Crippen molar-refractivity contribution in [3.05, 3.63) is 48.5 Å². The number of hydrogen-bond donors (Lipinski definition) is 1. The van der Waals surface area contributed by atoms with E-state index in [4.69, 9.17) is 18.9 Å². The normalized spacial score (nSPS) is 11.8. The number of ether oxygens (including phenoxy) is 4. The van der Waals surface area contributed by atoms with Crippen LogP contribution in [0.2, 0.25) is 0 Å². The van der Waals surface area contributed by atoms with E-state index in [0.717, 1.165) is 5.56 Å². The van der Waals surface area contributed by atoms with Crippen LogP contribution in [0.1, 0.15) is 0 Å². The number of fused-ring (bicyclic) bond motifs is 1. The summed E-state index contributed by atoms with van der Waals surface area (Å²) in [5, 5.41) is 11.9.